The van der Waals surface area contributed by atoms with Crippen LogP contribution in [0.2, 0.25) is 0 Å². The summed E-state index contributed by atoms with van der Waals surface area (Å²) in [5.74, 6) is 0. The molecule has 4 heteroatoms. The molecule has 3 aromatic rings. The highest BCUT2D eigenvalue weighted by Crippen LogP contribution is 2.27. The van der Waals surface area contributed by atoms with Gasteiger partial charge in [0.15, 0.2) is 5.58 Å². The van der Waals surface area contributed by atoms with Crippen molar-refractivity contribution in [3.63, 3.8) is 0 Å². The normalized spacial score (nSPS) is 11.3. The van der Waals surface area contributed by atoms with Gasteiger partial charge >= 0.3 is 0 Å². The number of nitrogens with zero attached hydrogens (tertiary/aromatic N) is 2. The second-order valence-corrected chi connectivity index (χ2v) is 3.25. The molecular formula is C11H8N2O2. The van der Waals surface area contributed by atoms with Gasteiger partial charge in [0.1, 0.15) is 23.1 Å². The monoisotopic (exact) mass is 200 g/mol. The first-order valence-corrected chi connectivity index (χ1v) is 4.62. The third-order valence-electron chi connectivity index (χ3n) is 2.38. The van der Waals surface area contributed by atoms with Gasteiger partial charge in [-0.15, -0.1) is 0 Å². The van der Waals surface area contributed by atoms with Gasteiger partial charge in [-0.1, -0.05) is 12.1 Å². The van der Waals surface area contributed by atoms with Gasteiger partial charge < -0.3 is 9.52 Å². The van der Waals surface area contributed by atoms with E-state index in [9.17, 15) is 0 Å². The maximum absolute atomic E-state index is 9.11. The molecule has 0 spiro atoms. The highest BCUT2D eigenvalue weighted by molar-refractivity contribution is 6.02. The highest BCUT2D eigenvalue weighted by atomic mass is 16.3. The smallest absolute Gasteiger partial charge is 0.177 e. The van der Waals surface area contributed by atoms with Gasteiger partial charge in [-0.3, -0.25) is 0 Å². The SMILES string of the molecule is OCc1ncnc2c1oc1ccccc12. The average Bonchev–Trinajstić information content (AvgIpc) is 2.67. The largest absolute Gasteiger partial charge is 0.452 e. The number of aliphatic hydroxyl groups is 1. The molecule has 0 aliphatic heterocycles. The van der Waals surface area contributed by atoms with Crippen LogP contribution in [0.4, 0.5) is 0 Å². The van der Waals surface area contributed by atoms with Crippen molar-refractivity contribution in [2.45, 2.75) is 6.61 Å². The Morgan fingerprint density at radius 3 is 2.93 bits per heavy atom. The van der Waals surface area contributed by atoms with E-state index in [-0.39, 0.29) is 6.61 Å². The van der Waals surface area contributed by atoms with Crippen molar-refractivity contribution in [3.8, 4) is 0 Å². The minimum absolute atomic E-state index is 0.140. The van der Waals surface area contributed by atoms with Crippen LogP contribution in [0.25, 0.3) is 22.1 Å². The molecule has 0 aliphatic rings. The first kappa shape index (κ1) is 8.38. The zero-order valence-corrected chi connectivity index (χ0v) is 7.84. The molecule has 0 radical (unpaired) electrons. The number of aliphatic hydroxyl groups excluding tert-OH is 1. The number of rotatable bonds is 1. The van der Waals surface area contributed by atoms with E-state index in [0.29, 0.717) is 11.3 Å². The van der Waals surface area contributed by atoms with Crippen LogP contribution in [0.1, 0.15) is 5.69 Å². The summed E-state index contributed by atoms with van der Waals surface area (Å²) in [5, 5.41) is 10.1. The van der Waals surface area contributed by atoms with Crippen LogP contribution in [0, 0.1) is 0 Å². The first-order valence-electron chi connectivity index (χ1n) is 4.62. The van der Waals surface area contributed by atoms with Crippen molar-refractivity contribution < 1.29 is 9.52 Å². The predicted octanol–water partition coefficient (Wildman–Crippen LogP) is 1.87. The van der Waals surface area contributed by atoms with Crippen LogP contribution < -0.4 is 0 Å². The Labute approximate surface area is 85.2 Å². The zero-order valence-electron chi connectivity index (χ0n) is 7.84. The Morgan fingerprint density at radius 2 is 2.07 bits per heavy atom. The lowest BCUT2D eigenvalue weighted by Crippen LogP contribution is -1.90. The van der Waals surface area contributed by atoms with Gasteiger partial charge in [0.25, 0.3) is 0 Å². The quantitative estimate of drug-likeness (QED) is 0.651. The Balaban J connectivity index is 2.53. The molecular weight excluding hydrogens is 192 g/mol. The summed E-state index contributed by atoms with van der Waals surface area (Å²) >= 11 is 0. The summed E-state index contributed by atoms with van der Waals surface area (Å²) in [6.07, 6.45) is 1.44. The second-order valence-electron chi connectivity index (χ2n) is 3.25. The molecule has 0 bridgehead atoms. The molecule has 0 unspecified atom stereocenters. The van der Waals surface area contributed by atoms with E-state index in [1.54, 1.807) is 0 Å². The fourth-order valence-electron chi connectivity index (χ4n) is 1.68. The summed E-state index contributed by atoms with van der Waals surface area (Å²) in [5.41, 5.74) is 2.62. The molecule has 0 saturated carbocycles. The lowest BCUT2D eigenvalue weighted by Gasteiger charge is -1.93. The molecule has 3 rings (SSSR count). The van der Waals surface area contributed by atoms with Crippen LogP contribution in [-0.4, -0.2) is 15.1 Å². The van der Waals surface area contributed by atoms with Crippen molar-refractivity contribution in [1.29, 1.82) is 0 Å². The van der Waals surface area contributed by atoms with Crippen LogP contribution in [0.5, 0.6) is 0 Å². The molecule has 0 amide bonds. The molecule has 1 N–H and O–H groups in total. The summed E-state index contributed by atoms with van der Waals surface area (Å²) < 4.78 is 5.59. The van der Waals surface area contributed by atoms with E-state index < -0.39 is 0 Å². The van der Waals surface area contributed by atoms with Crippen LogP contribution >= 0.6 is 0 Å². The number of furan rings is 1. The number of hydrogen-bond donors (Lipinski definition) is 1. The number of hydrogen-bond acceptors (Lipinski definition) is 4. The van der Waals surface area contributed by atoms with E-state index in [1.807, 2.05) is 24.3 Å². The Bertz CT molecular complexity index is 631. The highest BCUT2D eigenvalue weighted by Gasteiger charge is 2.11. The van der Waals surface area contributed by atoms with Gasteiger partial charge in [-0.25, -0.2) is 9.97 Å². The molecule has 0 atom stereocenters. The minimum Gasteiger partial charge on any atom is -0.452 e. The van der Waals surface area contributed by atoms with E-state index in [2.05, 4.69) is 9.97 Å². The molecule has 0 saturated heterocycles. The van der Waals surface area contributed by atoms with Crippen molar-refractivity contribution in [2.24, 2.45) is 0 Å². The molecule has 4 nitrogen and oxygen atoms in total. The van der Waals surface area contributed by atoms with Gasteiger partial charge in [0.05, 0.1) is 6.61 Å². The zero-order chi connectivity index (χ0) is 10.3. The van der Waals surface area contributed by atoms with Gasteiger partial charge in [0.2, 0.25) is 0 Å². The maximum atomic E-state index is 9.11. The van der Waals surface area contributed by atoms with Crippen LogP contribution in [0.15, 0.2) is 35.0 Å². The lowest BCUT2D eigenvalue weighted by molar-refractivity contribution is 0.277. The van der Waals surface area contributed by atoms with Crippen molar-refractivity contribution in [1.82, 2.24) is 9.97 Å². The van der Waals surface area contributed by atoms with Gasteiger partial charge in [0, 0.05) is 5.39 Å². The number of fused-ring (bicyclic) bond motifs is 3. The predicted molar refractivity (Wildman–Crippen MR) is 55.2 cm³/mol. The Hall–Kier alpha value is -1.94. The second kappa shape index (κ2) is 3.03. The fraction of sp³-hybridized carbons (Fsp3) is 0.0909. The maximum Gasteiger partial charge on any atom is 0.177 e. The molecule has 74 valence electrons. The molecule has 15 heavy (non-hydrogen) atoms. The number of aromatic nitrogens is 2. The van der Waals surface area contributed by atoms with Gasteiger partial charge in [-0.2, -0.15) is 0 Å². The third-order valence-corrected chi connectivity index (χ3v) is 2.38. The van der Waals surface area contributed by atoms with E-state index >= 15 is 0 Å². The molecule has 0 fully saturated rings. The summed E-state index contributed by atoms with van der Waals surface area (Å²) in [4.78, 5) is 8.13. The van der Waals surface area contributed by atoms with E-state index in [0.717, 1.165) is 16.5 Å². The van der Waals surface area contributed by atoms with Crippen molar-refractivity contribution >= 4 is 22.1 Å². The lowest BCUT2D eigenvalue weighted by atomic mass is 10.2. The minimum atomic E-state index is -0.140. The Morgan fingerprint density at radius 1 is 1.20 bits per heavy atom. The van der Waals surface area contributed by atoms with Crippen LogP contribution in [0.3, 0.4) is 0 Å². The van der Waals surface area contributed by atoms with E-state index in [1.165, 1.54) is 6.33 Å². The van der Waals surface area contributed by atoms with Crippen molar-refractivity contribution in [2.75, 3.05) is 0 Å². The summed E-state index contributed by atoms with van der Waals surface area (Å²) in [6.45, 7) is -0.140. The third kappa shape index (κ3) is 1.12. The number of para-hydroxylation sites is 1. The fourth-order valence-corrected chi connectivity index (χ4v) is 1.68. The molecule has 2 heterocycles. The molecule has 1 aromatic carbocycles. The first-order chi connectivity index (χ1) is 7.40. The molecule has 0 aliphatic carbocycles. The molecule has 2 aromatic heterocycles. The summed E-state index contributed by atoms with van der Waals surface area (Å²) in [6, 6.07) is 7.64. The number of benzene rings is 1. The van der Waals surface area contributed by atoms with E-state index in [4.69, 9.17) is 9.52 Å². The Kier molecular flexibility index (Phi) is 1.69. The van der Waals surface area contributed by atoms with Crippen LogP contribution in [-0.2, 0) is 6.61 Å². The van der Waals surface area contributed by atoms with Crippen molar-refractivity contribution in [3.05, 3.63) is 36.3 Å². The standard InChI is InChI=1S/C11H8N2O2/c14-5-8-11-10(13-6-12-8)7-3-1-2-4-9(7)15-11/h1-4,6,14H,5H2. The average molecular weight is 200 g/mol. The van der Waals surface area contributed by atoms with Gasteiger partial charge in [-0.05, 0) is 12.1 Å². The topological polar surface area (TPSA) is 59.2 Å². The summed E-state index contributed by atoms with van der Waals surface area (Å²) in [7, 11) is 0.